The van der Waals surface area contributed by atoms with Crippen molar-refractivity contribution in [2.75, 3.05) is 6.54 Å². The summed E-state index contributed by atoms with van der Waals surface area (Å²) in [6, 6.07) is -0.656. The third-order valence-electron chi connectivity index (χ3n) is 5.12. The zero-order chi connectivity index (χ0) is 21.9. The van der Waals surface area contributed by atoms with Gasteiger partial charge in [0.05, 0.1) is 6.04 Å². The lowest BCUT2D eigenvalue weighted by molar-refractivity contribution is 0.231. The van der Waals surface area contributed by atoms with Gasteiger partial charge in [-0.1, -0.05) is 62.3 Å². The molecule has 0 bridgehead atoms. The summed E-state index contributed by atoms with van der Waals surface area (Å²) in [6.45, 7) is 19.3. The van der Waals surface area contributed by atoms with E-state index in [9.17, 15) is 17.2 Å². The molecular weight excluding hydrogens is 384 g/mol. The monoisotopic (exact) mass is 419 g/mol. The first-order valence-electron chi connectivity index (χ1n) is 9.74. The quantitative estimate of drug-likeness (QED) is 0.739. The molecule has 8 heteroatoms. The molecule has 2 heterocycles. The molecule has 2 aliphatic heterocycles. The first-order chi connectivity index (χ1) is 12.4. The Kier molecular flexibility index (Phi) is 5.85. The van der Waals surface area contributed by atoms with Crippen LogP contribution in [0.4, 0.5) is 8.78 Å². The SMILES string of the molecule is CC(C)(C)C1=NC(C(C)(C)C)C(C(C)(C)C)=C2CC(NS(=O)(=O)C(F)F)CN12. The van der Waals surface area contributed by atoms with Crippen molar-refractivity contribution < 1.29 is 17.2 Å². The van der Waals surface area contributed by atoms with Gasteiger partial charge in [-0.2, -0.15) is 8.78 Å². The van der Waals surface area contributed by atoms with E-state index in [4.69, 9.17) is 4.99 Å². The minimum Gasteiger partial charge on any atom is -0.332 e. The Balaban J connectivity index is 2.60. The second kappa shape index (κ2) is 7.04. The second-order valence-corrected chi connectivity index (χ2v) is 12.7. The molecule has 0 saturated carbocycles. The highest BCUT2D eigenvalue weighted by Crippen LogP contribution is 2.47. The highest BCUT2D eigenvalue weighted by molar-refractivity contribution is 7.89. The molecule has 0 aromatic carbocycles. The molecule has 0 spiro atoms. The van der Waals surface area contributed by atoms with Crippen LogP contribution in [0.15, 0.2) is 16.3 Å². The molecule has 1 fully saturated rings. The lowest BCUT2D eigenvalue weighted by Crippen LogP contribution is -2.47. The predicted molar refractivity (Wildman–Crippen MR) is 110 cm³/mol. The lowest BCUT2D eigenvalue weighted by atomic mass is 9.70. The normalized spacial score (nSPS) is 24.7. The summed E-state index contributed by atoms with van der Waals surface area (Å²) in [4.78, 5) is 7.20. The van der Waals surface area contributed by atoms with Crippen LogP contribution in [-0.4, -0.2) is 43.5 Å². The number of halogens is 2. The fourth-order valence-corrected chi connectivity index (χ4v) is 4.78. The number of aliphatic imine (C=N–C) groups is 1. The fourth-order valence-electron chi connectivity index (χ4n) is 4.05. The summed E-state index contributed by atoms with van der Waals surface area (Å²) >= 11 is 0. The van der Waals surface area contributed by atoms with E-state index in [1.54, 1.807) is 0 Å². The smallest absolute Gasteiger partial charge is 0.332 e. The summed E-state index contributed by atoms with van der Waals surface area (Å²) in [7, 11) is -4.64. The van der Waals surface area contributed by atoms with Crippen LogP contribution in [0.25, 0.3) is 0 Å². The zero-order valence-corrected chi connectivity index (χ0v) is 19.3. The van der Waals surface area contributed by atoms with Gasteiger partial charge in [-0.15, -0.1) is 0 Å². The van der Waals surface area contributed by atoms with E-state index in [0.29, 0.717) is 13.0 Å². The zero-order valence-electron chi connectivity index (χ0n) is 18.5. The fraction of sp³-hybridized carbons (Fsp3) is 0.850. The predicted octanol–water partition coefficient (Wildman–Crippen LogP) is 4.38. The highest BCUT2D eigenvalue weighted by Gasteiger charge is 2.47. The Hall–Kier alpha value is -1.02. The minimum atomic E-state index is -4.64. The van der Waals surface area contributed by atoms with Crippen molar-refractivity contribution >= 4 is 15.9 Å². The molecule has 1 saturated heterocycles. The van der Waals surface area contributed by atoms with Crippen molar-refractivity contribution in [1.82, 2.24) is 9.62 Å². The van der Waals surface area contributed by atoms with Crippen LogP contribution in [0.2, 0.25) is 0 Å². The maximum absolute atomic E-state index is 12.9. The van der Waals surface area contributed by atoms with Crippen molar-refractivity contribution in [2.24, 2.45) is 21.2 Å². The molecule has 0 aromatic rings. The molecule has 0 aromatic heterocycles. The molecule has 2 aliphatic rings. The number of hydrogen-bond donors (Lipinski definition) is 1. The van der Waals surface area contributed by atoms with Gasteiger partial charge >= 0.3 is 5.76 Å². The molecule has 28 heavy (non-hydrogen) atoms. The molecule has 0 amide bonds. The summed E-state index contributed by atoms with van der Waals surface area (Å²) in [5, 5.41) is 0. The topological polar surface area (TPSA) is 61.8 Å². The van der Waals surface area contributed by atoms with Crippen molar-refractivity contribution in [3.8, 4) is 0 Å². The van der Waals surface area contributed by atoms with Gasteiger partial charge in [0.2, 0.25) is 0 Å². The van der Waals surface area contributed by atoms with Crippen LogP contribution in [-0.2, 0) is 10.0 Å². The second-order valence-electron chi connectivity index (χ2n) is 11.0. The van der Waals surface area contributed by atoms with Gasteiger partial charge in [-0.05, 0) is 16.4 Å². The molecule has 2 atom stereocenters. The van der Waals surface area contributed by atoms with E-state index >= 15 is 0 Å². The molecule has 162 valence electrons. The molecule has 5 nitrogen and oxygen atoms in total. The Morgan fingerprint density at radius 1 is 1.04 bits per heavy atom. The average molecular weight is 420 g/mol. The highest BCUT2D eigenvalue weighted by atomic mass is 32.2. The van der Waals surface area contributed by atoms with Crippen molar-refractivity contribution in [2.45, 2.75) is 86.6 Å². The molecule has 2 unspecified atom stereocenters. The van der Waals surface area contributed by atoms with Gasteiger partial charge in [0, 0.05) is 30.1 Å². The summed E-state index contributed by atoms with van der Waals surface area (Å²) in [6.07, 6.45) is 0.389. The number of fused-ring (bicyclic) bond motifs is 1. The third kappa shape index (κ3) is 4.58. The van der Waals surface area contributed by atoms with Crippen molar-refractivity contribution in [3.05, 3.63) is 11.3 Å². The minimum absolute atomic E-state index is 0.0570. The number of rotatable bonds is 3. The maximum Gasteiger partial charge on any atom is 0.350 e. The van der Waals surface area contributed by atoms with Gasteiger partial charge < -0.3 is 4.90 Å². The number of alkyl halides is 2. The van der Waals surface area contributed by atoms with Crippen molar-refractivity contribution in [3.63, 3.8) is 0 Å². The number of sulfonamides is 1. The molecule has 0 aliphatic carbocycles. The van der Waals surface area contributed by atoms with Crippen LogP contribution >= 0.6 is 0 Å². The Bertz CT molecular complexity index is 782. The lowest BCUT2D eigenvalue weighted by Gasteiger charge is -2.45. The van der Waals surface area contributed by atoms with Crippen LogP contribution in [0.3, 0.4) is 0 Å². The van der Waals surface area contributed by atoms with Gasteiger partial charge in [-0.25, -0.2) is 13.1 Å². The Labute approximate surface area is 168 Å². The summed E-state index contributed by atoms with van der Waals surface area (Å²) in [5.41, 5.74) is 1.61. The molecule has 0 radical (unpaired) electrons. The average Bonchev–Trinajstić information content (AvgIpc) is 2.83. The van der Waals surface area contributed by atoms with E-state index in [-0.39, 0.29) is 22.3 Å². The van der Waals surface area contributed by atoms with Crippen LogP contribution < -0.4 is 4.72 Å². The van der Waals surface area contributed by atoms with Crippen LogP contribution in [0, 0.1) is 16.2 Å². The molecular formula is C20H35F2N3O2S. The number of nitrogens with one attached hydrogen (secondary N) is 1. The van der Waals surface area contributed by atoms with Crippen LogP contribution in [0.5, 0.6) is 0 Å². The number of amidine groups is 1. The van der Waals surface area contributed by atoms with E-state index in [2.05, 4.69) is 71.9 Å². The number of hydrogen-bond acceptors (Lipinski definition) is 4. The maximum atomic E-state index is 12.9. The van der Waals surface area contributed by atoms with E-state index in [1.807, 2.05) is 0 Å². The van der Waals surface area contributed by atoms with Crippen LogP contribution in [0.1, 0.15) is 68.7 Å². The van der Waals surface area contributed by atoms with E-state index in [1.165, 1.54) is 0 Å². The molecule has 2 rings (SSSR count). The standard InChI is InChI=1S/C20H35F2N3O2S/c1-18(2,3)14-13-10-12(24-28(26,27)17(21)22)11-25(13)16(20(7,8)9)23-15(14)19(4,5)6/h12,15,17,24H,10-11H2,1-9H3. The first-order valence-corrected chi connectivity index (χ1v) is 11.3. The molecule has 1 N–H and O–H groups in total. The van der Waals surface area contributed by atoms with Gasteiger partial charge in [-0.3, -0.25) is 4.99 Å². The van der Waals surface area contributed by atoms with E-state index in [0.717, 1.165) is 17.1 Å². The third-order valence-corrected chi connectivity index (χ3v) is 6.26. The van der Waals surface area contributed by atoms with Gasteiger partial charge in [0.15, 0.2) is 0 Å². The summed E-state index contributed by atoms with van der Waals surface area (Å²) < 4.78 is 51.5. The summed E-state index contributed by atoms with van der Waals surface area (Å²) in [5.74, 6) is -2.55. The number of nitrogens with zero attached hydrogens (tertiary/aromatic N) is 2. The van der Waals surface area contributed by atoms with Crippen molar-refractivity contribution in [1.29, 1.82) is 0 Å². The first kappa shape index (κ1) is 23.3. The van der Waals surface area contributed by atoms with Gasteiger partial charge in [0.25, 0.3) is 10.0 Å². The Morgan fingerprint density at radius 3 is 1.96 bits per heavy atom. The Morgan fingerprint density at radius 2 is 1.57 bits per heavy atom. The van der Waals surface area contributed by atoms with Gasteiger partial charge in [0.1, 0.15) is 5.84 Å². The largest absolute Gasteiger partial charge is 0.350 e. The van der Waals surface area contributed by atoms with E-state index < -0.39 is 21.8 Å².